The zero-order chi connectivity index (χ0) is 19.7. The molecule has 0 aromatic carbocycles. The highest BCUT2D eigenvalue weighted by molar-refractivity contribution is 7.13. The minimum atomic E-state index is -1.26. The first-order valence-electron chi connectivity index (χ1n) is 7.19. The van der Waals surface area contributed by atoms with Crippen molar-refractivity contribution in [1.29, 1.82) is 0 Å². The van der Waals surface area contributed by atoms with Gasteiger partial charge in [-0.2, -0.15) is 4.99 Å². The third-order valence-corrected chi connectivity index (χ3v) is 3.34. The van der Waals surface area contributed by atoms with Crippen LogP contribution in [0, 0.1) is 0 Å². The predicted molar refractivity (Wildman–Crippen MR) is 99.2 cm³/mol. The van der Waals surface area contributed by atoms with Gasteiger partial charge in [-0.15, -0.1) is 11.3 Å². The lowest BCUT2D eigenvalue weighted by molar-refractivity contribution is -0.134. The third kappa shape index (κ3) is 8.08. The minimum Gasteiger partial charge on any atom is -0.478 e. The highest BCUT2D eigenvalue weighted by Gasteiger charge is 2.07. The summed E-state index contributed by atoms with van der Waals surface area (Å²) < 4.78 is 0. The second-order valence-corrected chi connectivity index (χ2v) is 6.05. The molecule has 0 saturated carbocycles. The van der Waals surface area contributed by atoms with Gasteiger partial charge in [-0.05, 0) is 20.2 Å². The van der Waals surface area contributed by atoms with Crippen molar-refractivity contribution in [3.8, 4) is 11.3 Å². The summed E-state index contributed by atoms with van der Waals surface area (Å²) in [7, 11) is 4.06. The van der Waals surface area contributed by atoms with Crippen LogP contribution in [0.4, 0.5) is 5.13 Å². The Labute approximate surface area is 153 Å². The van der Waals surface area contributed by atoms with Crippen LogP contribution in [0.15, 0.2) is 34.8 Å². The van der Waals surface area contributed by atoms with Crippen LogP contribution in [0.25, 0.3) is 11.3 Å². The number of aliphatic carboxylic acids is 2. The molecule has 0 radical (unpaired) electrons. The molecule has 2 aromatic heterocycles. The molecule has 0 saturated heterocycles. The first-order valence-corrected chi connectivity index (χ1v) is 8.06. The van der Waals surface area contributed by atoms with Crippen LogP contribution in [0.3, 0.4) is 0 Å². The zero-order valence-electron chi connectivity index (χ0n) is 14.2. The lowest BCUT2D eigenvalue weighted by Crippen LogP contribution is -2.21. The van der Waals surface area contributed by atoms with Gasteiger partial charge in [0.1, 0.15) is 0 Å². The number of H-pyrrole nitrogens is 1. The summed E-state index contributed by atoms with van der Waals surface area (Å²) in [6.45, 7) is 0.866. The molecule has 2 heterocycles. The van der Waals surface area contributed by atoms with Crippen LogP contribution in [0.2, 0.25) is 0 Å². The van der Waals surface area contributed by atoms with Crippen LogP contribution >= 0.6 is 11.3 Å². The van der Waals surface area contributed by atoms with Crippen molar-refractivity contribution in [3.05, 3.63) is 35.5 Å². The number of guanidine groups is 1. The van der Waals surface area contributed by atoms with Crippen molar-refractivity contribution in [2.75, 3.05) is 14.1 Å². The maximum atomic E-state index is 9.55. The monoisotopic (exact) mass is 380 g/mol. The Bertz CT molecular complexity index is 789. The highest BCUT2D eigenvalue weighted by atomic mass is 32.1. The summed E-state index contributed by atoms with van der Waals surface area (Å²) in [5, 5.41) is 18.1. The van der Waals surface area contributed by atoms with Gasteiger partial charge in [0.05, 0.1) is 5.69 Å². The van der Waals surface area contributed by atoms with Crippen molar-refractivity contribution in [1.82, 2.24) is 14.9 Å². The number of thiazole rings is 1. The molecule has 0 atom stereocenters. The van der Waals surface area contributed by atoms with Gasteiger partial charge in [0, 0.05) is 41.5 Å². The molecule has 0 aliphatic carbocycles. The summed E-state index contributed by atoms with van der Waals surface area (Å²) in [5.74, 6) is -2.49. The van der Waals surface area contributed by atoms with E-state index in [0.717, 1.165) is 23.5 Å². The van der Waals surface area contributed by atoms with Crippen molar-refractivity contribution in [3.63, 3.8) is 0 Å². The van der Waals surface area contributed by atoms with Crippen molar-refractivity contribution in [2.24, 2.45) is 16.5 Å². The van der Waals surface area contributed by atoms with E-state index in [1.807, 2.05) is 25.7 Å². The fraction of sp³-hybridized carbons (Fsp3) is 0.200. The highest BCUT2D eigenvalue weighted by Crippen LogP contribution is 2.27. The number of aromatic amines is 1. The lowest BCUT2D eigenvalue weighted by Gasteiger charge is -2.06. The smallest absolute Gasteiger partial charge is 0.328 e. The Kier molecular flexibility index (Phi) is 7.99. The van der Waals surface area contributed by atoms with E-state index in [4.69, 9.17) is 21.7 Å². The largest absolute Gasteiger partial charge is 0.478 e. The number of carbonyl (C=O) groups is 2. The number of aromatic nitrogens is 2. The lowest BCUT2D eigenvalue weighted by atomic mass is 10.2. The van der Waals surface area contributed by atoms with Gasteiger partial charge in [0.25, 0.3) is 0 Å². The molecular weight excluding hydrogens is 360 g/mol. The van der Waals surface area contributed by atoms with Gasteiger partial charge in [0.2, 0.25) is 5.13 Å². The molecule has 2 rings (SSSR count). The predicted octanol–water partition coefficient (Wildman–Crippen LogP) is 0.817. The number of carboxylic acid groups (broad SMARTS) is 2. The van der Waals surface area contributed by atoms with E-state index >= 15 is 0 Å². The van der Waals surface area contributed by atoms with Crippen LogP contribution in [-0.2, 0) is 16.1 Å². The number of nitrogens with zero attached hydrogens (tertiary/aromatic N) is 3. The first-order chi connectivity index (χ1) is 12.2. The van der Waals surface area contributed by atoms with E-state index in [1.54, 1.807) is 0 Å². The van der Waals surface area contributed by atoms with Gasteiger partial charge in [-0.25, -0.2) is 14.6 Å². The number of hydrogen-bond donors (Lipinski definition) is 5. The standard InChI is InChI=1S/C11H16N6S.C4H4O4/c1-17(2)5-8-3-7(4-14-8)9-6-18-11(15-9)16-10(12)13;5-3(6)1-2-4(7)8/h3-4,6,14H,5H2,1-2H3,(H4,12,13,15,16);1-2H,(H,5,6)(H,7,8)/b;2-1-. The molecular formula is C15H20N6O4S. The Hall–Kier alpha value is -3.18. The van der Waals surface area contributed by atoms with Gasteiger partial charge >= 0.3 is 11.9 Å². The van der Waals surface area contributed by atoms with E-state index in [0.29, 0.717) is 17.3 Å². The summed E-state index contributed by atoms with van der Waals surface area (Å²) in [4.78, 5) is 32.7. The molecule has 0 amide bonds. The van der Waals surface area contributed by atoms with E-state index in [2.05, 4.69) is 25.9 Å². The maximum Gasteiger partial charge on any atom is 0.328 e. The zero-order valence-corrected chi connectivity index (χ0v) is 15.0. The van der Waals surface area contributed by atoms with E-state index in [-0.39, 0.29) is 5.96 Å². The summed E-state index contributed by atoms with van der Waals surface area (Å²) >= 11 is 1.41. The normalized spacial score (nSPS) is 10.4. The number of hydrogen-bond acceptors (Lipinski definition) is 6. The molecule has 0 unspecified atom stereocenters. The second-order valence-electron chi connectivity index (χ2n) is 5.21. The Morgan fingerprint density at radius 3 is 2.42 bits per heavy atom. The minimum absolute atomic E-state index is 0.0262. The molecule has 11 heteroatoms. The fourth-order valence-corrected chi connectivity index (χ4v) is 2.44. The number of aliphatic imine (C=N–C) groups is 1. The third-order valence-electron chi connectivity index (χ3n) is 2.61. The van der Waals surface area contributed by atoms with Crippen LogP contribution in [0.1, 0.15) is 5.69 Å². The van der Waals surface area contributed by atoms with Crippen LogP contribution < -0.4 is 11.5 Å². The molecule has 140 valence electrons. The summed E-state index contributed by atoms with van der Waals surface area (Å²) in [6, 6.07) is 2.08. The Morgan fingerprint density at radius 1 is 1.31 bits per heavy atom. The summed E-state index contributed by atoms with van der Waals surface area (Å²) in [5.41, 5.74) is 13.7. The van der Waals surface area contributed by atoms with Crippen molar-refractivity contribution >= 4 is 34.4 Å². The first kappa shape index (κ1) is 20.9. The van der Waals surface area contributed by atoms with Gasteiger partial charge in [-0.3, -0.25) is 0 Å². The van der Waals surface area contributed by atoms with Gasteiger partial charge < -0.3 is 31.6 Å². The van der Waals surface area contributed by atoms with E-state index in [9.17, 15) is 9.59 Å². The quantitative estimate of drug-likeness (QED) is 0.278. The van der Waals surface area contributed by atoms with Crippen molar-refractivity contribution < 1.29 is 19.8 Å². The summed E-state index contributed by atoms with van der Waals surface area (Å²) in [6.07, 6.45) is 3.05. The topological polar surface area (TPSA) is 171 Å². The van der Waals surface area contributed by atoms with Gasteiger partial charge in [-0.1, -0.05) is 0 Å². The SMILES string of the molecule is CN(C)Cc1cc(-c2csc(N=C(N)N)n2)c[nH]1.O=C(O)/C=C\C(=O)O. The Morgan fingerprint density at radius 2 is 1.92 bits per heavy atom. The maximum absolute atomic E-state index is 9.55. The van der Waals surface area contributed by atoms with E-state index < -0.39 is 11.9 Å². The number of nitrogens with one attached hydrogen (secondary N) is 1. The average molecular weight is 380 g/mol. The van der Waals surface area contributed by atoms with Crippen LogP contribution in [-0.4, -0.2) is 57.1 Å². The molecule has 2 aromatic rings. The van der Waals surface area contributed by atoms with Gasteiger partial charge in [0.15, 0.2) is 5.96 Å². The molecule has 0 spiro atoms. The molecule has 0 aliphatic heterocycles. The number of nitrogens with two attached hydrogens (primary N) is 2. The number of rotatable bonds is 6. The van der Waals surface area contributed by atoms with Crippen molar-refractivity contribution in [2.45, 2.75) is 6.54 Å². The molecule has 10 nitrogen and oxygen atoms in total. The van der Waals surface area contributed by atoms with E-state index in [1.165, 1.54) is 11.3 Å². The number of carboxylic acids is 2. The second kappa shape index (κ2) is 9.96. The molecule has 26 heavy (non-hydrogen) atoms. The molecule has 0 bridgehead atoms. The Balaban J connectivity index is 0.000000359. The molecule has 0 aliphatic rings. The molecule has 7 N–H and O–H groups in total. The fourth-order valence-electron chi connectivity index (χ4n) is 1.72. The average Bonchev–Trinajstić information content (AvgIpc) is 3.14. The molecule has 0 fully saturated rings. The van der Waals surface area contributed by atoms with Crippen LogP contribution in [0.5, 0.6) is 0 Å².